The van der Waals surface area contributed by atoms with Crippen LogP contribution in [0.3, 0.4) is 0 Å². The van der Waals surface area contributed by atoms with Gasteiger partial charge in [-0.1, -0.05) is 29.8 Å². The van der Waals surface area contributed by atoms with E-state index in [0.29, 0.717) is 16.3 Å². The van der Waals surface area contributed by atoms with Crippen molar-refractivity contribution in [1.29, 1.82) is 0 Å². The van der Waals surface area contributed by atoms with Crippen molar-refractivity contribution >= 4 is 46.3 Å². The van der Waals surface area contributed by atoms with Gasteiger partial charge in [0.15, 0.2) is 0 Å². The topological polar surface area (TPSA) is 49.4 Å². The maximum Gasteiger partial charge on any atom is 0.295 e. The molecule has 3 rings (SSSR count). The smallest absolute Gasteiger partial charge is 0.295 e. The number of imide groups is 1. The number of carbonyl (C=O) groups is 2. The second kappa shape index (κ2) is 7.29. The summed E-state index contributed by atoms with van der Waals surface area (Å²) in [6, 6.07) is 11.3. The van der Waals surface area contributed by atoms with E-state index in [-0.39, 0.29) is 16.8 Å². The number of thioether (sulfide) groups is 1. The van der Waals surface area contributed by atoms with Crippen LogP contribution in [0, 0.1) is 12.7 Å². The molecule has 1 aliphatic heterocycles. The molecule has 1 aliphatic rings. The molecule has 2 aromatic carbocycles. The summed E-state index contributed by atoms with van der Waals surface area (Å²) in [5.74, 6) is -0.809. The first-order valence-corrected chi connectivity index (χ1v) is 8.64. The molecule has 1 fully saturated rings. The van der Waals surface area contributed by atoms with Crippen molar-refractivity contribution in [3.8, 4) is 0 Å². The Morgan fingerprint density at radius 2 is 2.04 bits per heavy atom. The molecule has 0 atom stereocenters. The minimum Gasteiger partial charge on any atom is -0.367 e. The lowest BCUT2D eigenvalue weighted by Gasteiger charge is -2.15. The van der Waals surface area contributed by atoms with Crippen LogP contribution in [0.1, 0.15) is 11.1 Å². The van der Waals surface area contributed by atoms with E-state index in [2.05, 4.69) is 5.32 Å². The van der Waals surface area contributed by atoms with E-state index in [9.17, 15) is 14.0 Å². The fraction of sp³-hybridized carbons (Fsp3) is 0.111. The third-order valence-electron chi connectivity index (χ3n) is 3.63. The monoisotopic (exact) mass is 376 g/mol. The van der Waals surface area contributed by atoms with Gasteiger partial charge in [-0.05, 0) is 60.2 Å². The number of halogens is 2. The Morgan fingerprint density at radius 3 is 2.76 bits per heavy atom. The van der Waals surface area contributed by atoms with Gasteiger partial charge in [0, 0.05) is 10.7 Å². The van der Waals surface area contributed by atoms with Gasteiger partial charge in [0.1, 0.15) is 5.82 Å². The van der Waals surface area contributed by atoms with E-state index >= 15 is 0 Å². The lowest BCUT2D eigenvalue weighted by atomic mass is 10.2. The summed E-state index contributed by atoms with van der Waals surface area (Å²) >= 11 is 6.89. The Hall–Kier alpha value is -2.31. The second-order valence-corrected chi connectivity index (χ2v) is 6.86. The Balaban J connectivity index is 1.72. The molecule has 0 unspecified atom stereocenters. The zero-order valence-electron chi connectivity index (χ0n) is 13.3. The summed E-state index contributed by atoms with van der Waals surface area (Å²) in [6.45, 7) is 1.92. The second-order valence-electron chi connectivity index (χ2n) is 5.46. The zero-order valence-corrected chi connectivity index (χ0v) is 14.8. The number of nitrogens with one attached hydrogen (secondary N) is 1. The van der Waals surface area contributed by atoms with Crippen LogP contribution >= 0.6 is 23.4 Å². The first-order valence-electron chi connectivity index (χ1n) is 7.45. The highest BCUT2D eigenvalue weighted by Crippen LogP contribution is 2.32. The standard InChI is InChI=1S/C18H14ClFN2O2S/c1-11-5-6-14(9-15(11)19)21-10-22-17(23)16(25-18(22)24)8-12-3-2-4-13(20)7-12/h2-9,21H,10H2,1H3/b16-8+. The Kier molecular flexibility index (Phi) is 5.11. The van der Waals surface area contributed by atoms with Gasteiger partial charge in [0.2, 0.25) is 0 Å². The molecule has 4 nitrogen and oxygen atoms in total. The van der Waals surface area contributed by atoms with E-state index in [1.165, 1.54) is 18.2 Å². The number of nitrogens with zero attached hydrogens (tertiary/aromatic N) is 1. The number of aryl methyl sites for hydroxylation is 1. The average Bonchev–Trinajstić information content (AvgIpc) is 2.82. The van der Waals surface area contributed by atoms with E-state index in [4.69, 9.17) is 11.6 Å². The van der Waals surface area contributed by atoms with Crippen molar-refractivity contribution in [2.45, 2.75) is 6.92 Å². The highest BCUT2D eigenvalue weighted by molar-refractivity contribution is 8.18. The summed E-state index contributed by atoms with van der Waals surface area (Å²) in [5.41, 5.74) is 2.18. The number of rotatable bonds is 4. The van der Waals surface area contributed by atoms with Crippen LogP contribution in [-0.2, 0) is 4.79 Å². The number of carbonyl (C=O) groups excluding carboxylic acids is 2. The lowest BCUT2D eigenvalue weighted by molar-refractivity contribution is -0.122. The van der Waals surface area contributed by atoms with Crippen LogP contribution in [0.2, 0.25) is 5.02 Å². The molecule has 0 spiro atoms. The van der Waals surface area contributed by atoms with Gasteiger partial charge in [-0.3, -0.25) is 14.5 Å². The van der Waals surface area contributed by atoms with Gasteiger partial charge in [0.25, 0.3) is 11.1 Å². The van der Waals surface area contributed by atoms with Crippen molar-refractivity contribution in [3.05, 3.63) is 69.3 Å². The molecule has 1 saturated heterocycles. The third-order valence-corrected chi connectivity index (χ3v) is 4.95. The largest absolute Gasteiger partial charge is 0.367 e. The van der Waals surface area contributed by atoms with Crippen molar-refractivity contribution < 1.29 is 14.0 Å². The molecule has 25 heavy (non-hydrogen) atoms. The molecule has 2 amide bonds. The number of benzene rings is 2. The number of anilines is 1. The van der Waals surface area contributed by atoms with Crippen molar-refractivity contribution in [2.75, 3.05) is 12.0 Å². The Labute approximate surface area is 153 Å². The quantitative estimate of drug-likeness (QED) is 0.771. The van der Waals surface area contributed by atoms with Crippen LogP contribution in [0.25, 0.3) is 6.08 Å². The van der Waals surface area contributed by atoms with Gasteiger partial charge >= 0.3 is 0 Å². The fourth-order valence-electron chi connectivity index (χ4n) is 2.26. The van der Waals surface area contributed by atoms with Gasteiger partial charge in [-0.15, -0.1) is 0 Å². The highest BCUT2D eigenvalue weighted by atomic mass is 35.5. The van der Waals surface area contributed by atoms with Crippen molar-refractivity contribution in [3.63, 3.8) is 0 Å². The van der Waals surface area contributed by atoms with E-state index in [1.54, 1.807) is 18.2 Å². The number of amides is 2. The molecule has 0 bridgehead atoms. The molecule has 0 aliphatic carbocycles. The molecule has 2 aromatic rings. The van der Waals surface area contributed by atoms with E-state index in [0.717, 1.165) is 22.2 Å². The van der Waals surface area contributed by atoms with E-state index in [1.807, 2.05) is 19.1 Å². The van der Waals surface area contributed by atoms with Crippen LogP contribution in [-0.4, -0.2) is 22.7 Å². The average molecular weight is 377 g/mol. The molecule has 0 aromatic heterocycles. The summed E-state index contributed by atoms with van der Waals surface area (Å²) < 4.78 is 13.2. The molecular formula is C18H14ClFN2O2S. The van der Waals surface area contributed by atoms with Crippen LogP contribution in [0.5, 0.6) is 0 Å². The van der Waals surface area contributed by atoms with Gasteiger partial charge < -0.3 is 5.32 Å². The van der Waals surface area contributed by atoms with Crippen molar-refractivity contribution in [2.24, 2.45) is 0 Å². The highest BCUT2D eigenvalue weighted by Gasteiger charge is 2.34. The lowest BCUT2D eigenvalue weighted by Crippen LogP contribution is -2.33. The molecule has 1 N–H and O–H groups in total. The van der Waals surface area contributed by atoms with Gasteiger partial charge in [-0.2, -0.15) is 0 Å². The van der Waals surface area contributed by atoms with Gasteiger partial charge in [0.05, 0.1) is 11.6 Å². The summed E-state index contributed by atoms with van der Waals surface area (Å²) in [4.78, 5) is 25.8. The molecule has 0 radical (unpaired) electrons. The SMILES string of the molecule is Cc1ccc(NCN2C(=O)S/C(=C/c3cccc(F)c3)C2=O)cc1Cl. The first-order chi connectivity index (χ1) is 11.9. The predicted octanol–water partition coefficient (Wildman–Crippen LogP) is 4.89. The summed E-state index contributed by atoms with van der Waals surface area (Å²) in [7, 11) is 0. The van der Waals surface area contributed by atoms with Crippen LogP contribution < -0.4 is 5.32 Å². The number of hydrogen-bond acceptors (Lipinski definition) is 4. The van der Waals surface area contributed by atoms with E-state index < -0.39 is 11.7 Å². The molecule has 7 heteroatoms. The molecule has 0 saturated carbocycles. The summed E-state index contributed by atoms with van der Waals surface area (Å²) in [5, 5.41) is 3.23. The minimum absolute atomic E-state index is 0.0323. The fourth-order valence-corrected chi connectivity index (χ4v) is 3.28. The van der Waals surface area contributed by atoms with Crippen molar-refractivity contribution in [1.82, 2.24) is 4.90 Å². The van der Waals surface area contributed by atoms with Crippen LogP contribution in [0.15, 0.2) is 47.4 Å². The Bertz CT molecular complexity index is 885. The van der Waals surface area contributed by atoms with Crippen LogP contribution in [0.4, 0.5) is 14.9 Å². The summed E-state index contributed by atoms with van der Waals surface area (Å²) in [6.07, 6.45) is 1.51. The number of hydrogen-bond donors (Lipinski definition) is 1. The predicted molar refractivity (Wildman–Crippen MR) is 98.9 cm³/mol. The van der Waals surface area contributed by atoms with Gasteiger partial charge in [-0.25, -0.2) is 4.39 Å². The normalized spacial score (nSPS) is 16.0. The molecule has 1 heterocycles. The third kappa shape index (κ3) is 4.03. The zero-order chi connectivity index (χ0) is 18.0. The minimum atomic E-state index is -0.412. The molecule has 128 valence electrons. The molecular weight excluding hydrogens is 363 g/mol. The maximum atomic E-state index is 13.2. The first kappa shape index (κ1) is 17.5. The Morgan fingerprint density at radius 1 is 1.24 bits per heavy atom. The maximum absolute atomic E-state index is 13.2.